The largest absolute Gasteiger partial charge is 0.396 e. The summed E-state index contributed by atoms with van der Waals surface area (Å²) in [6.45, 7) is 3.95. The Hall–Kier alpha value is -0.250. The predicted octanol–water partition coefficient (Wildman–Crippen LogP) is -2.87. The van der Waals surface area contributed by atoms with Crippen LogP contribution in [-0.4, -0.2) is 73.5 Å². The van der Waals surface area contributed by atoms with Crippen LogP contribution < -0.4 is 4.90 Å². The van der Waals surface area contributed by atoms with E-state index in [-0.39, 0.29) is 25.6 Å². The molecule has 0 rings (SSSR count). The molecule has 5 N–H and O–H groups in total. The third-order valence-corrected chi connectivity index (χ3v) is 2.71. The summed E-state index contributed by atoms with van der Waals surface area (Å²) in [6.07, 6.45) is 0.731. The van der Waals surface area contributed by atoms with Crippen molar-refractivity contribution in [1.82, 2.24) is 0 Å². The molecule has 0 aromatic rings. The highest BCUT2D eigenvalue weighted by atomic mass is 32.2. The molecule has 0 aliphatic rings. The minimum atomic E-state index is -3.66. The van der Waals surface area contributed by atoms with Gasteiger partial charge in [-0.3, -0.25) is 4.55 Å². The zero-order chi connectivity index (χ0) is 13.7. The third-order valence-electron chi connectivity index (χ3n) is 1.98. The van der Waals surface area contributed by atoms with Crippen LogP contribution in [0.15, 0.2) is 0 Å². The van der Waals surface area contributed by atoms with Gasteiger partial charge in [-0.1, -0.05) is 0 Å². The molecular weight excluding hydrogens is 250 g/mol. The highest BCUT2D eigenvalue weighted by Crippen LogP contribution is 1.74. The fourth-order valence-corrected chi connectivity index (χ4v) is 1.02. The number of nitrogens with one attached hydrogen (secondary N) is 1. The van der Waals surface area contributed by atoms with Crippen molar-refractivity contribution < 1.29 is 33.2 Å². The van der Waals surface area contributed by atoms with Crippen molar-refractivity contribution in [2.24, 2.45) is 0 Å². The average Bonchev–Trinajstić information content (AvgIpc) is 2.26. The van der Waals surface area contributed by atoms with Gasteiger partial charge in [0.2, 0.25) is 0 Å². The normalized spacial score (nSPS) is 11.2. The van der Waals surface area contributed by atoms with Crippen LogP contribution in [0.25, 0.3) is 0 Å². The highest BCUT2D eigenvalue weighted by molar-refractivity contribution is 7.85. The van der Waals surface area contributed by atoms with Gasteiger partial charge in [0.05, 0.1) is 25.5 Å². The van der Waals surface area contributed by atoms with Crippen LogP contribution in [0.4, 0.5) is 0 Å². The molecule has 0 amide bonds. The second-order valence-electron chi connectivity index (χ2n) is 3.39. The van der Waals surface area contributed by atoms with E-state index in [1.165, 1.54) is 6.92 Å². The van der Waals surface area contributed by atoms with Crippen molar-refractivity contribution in [2.45, 2.75) is 13.3 Å². The van der Waals surface area contributed by atoms with E-state index in [1.807, 2.05) is 0 Å². The van der Waals surface area contributed by atoms with E-state index in [9.17, 15) is 8.42 Å². The first-order valence-corrected chi connectivity index (χ1v) is 7.13. The van der Waals surface area contributed by atoms with E-state index >= 15 is 0 Å². The Morgan fingerprint density at radius 3 is 1.59 bits per heavy atom. The smallest absolute Gasteiger partial charge is 0.264 e. The molecule has 0 bridgehead atoms. The summed E-state index contributed by atoms with van der Waals surface area (Å²) in [5.41, 5.74) is 0. The number of hydrogen-bond donors (Lipinski definition) is 5. The van der Waals surface area contributed by atoms with Crippen molar-refractivity contribution in [3.05, 3.63) is 0 Å². The Morgan fingerprint density at radius 2 is 1.35 bits per heavy atom. The van der Waals surface area contributed by atoms with E-state index in [0.29, 0.717) is 13.1 Å². The molecule has 0 spiro atoms. The van der Waals surface area contributed by atoms with E-state index < -0.39 is 10.1 Å². The Bertz CT molecular complexity index is 238. The summed E-state index contributed by atoms with van der Waals surface area (Å²) in [4.78, 5) is 1.14. The fourth-order valence-electron chi connectivity index (χ4n) is 1.02. The molecule has 0 aliphatic heterocycles. The first-order chi connectivity index (χ1) is 7.91. The molecule has 0 saturated heterocycles. The van der Waals surface area contributed by atoms with Crippen molar-refractivity contribution >= 4 is 10.1 Å². The van der Waals surface area contributed by atoms with Gasteiger partial charge >= 0.3 is 0 Å². The quantitative estimate of drug-likeness (QED) is 0.304. The first kappa shape index (κ1) is 19.1. The van der Waals surface area contributed by atoms with Crippen LogP contribution in [0.5, 0.6) is 0 Å². The summed E-state index contributed by atoms with van der Waals surface area (Å²) < 4.78 is 26.9. The Morgan fingerprint density at radius 1 is 0.941 bits per heavy atom. The van der Waals surface area contributed by atoms with Crippen LogP contribution in [-0.2, 0) is 10.1 Å². The summed E-state index contributed by atoms with van der Waals surface area (Å²) in [5, 5.41) is 25.7. The van der Waals surface area contributed by atoms with Gasteiger partial charge in [0.25, 0.3) is 10.1 Å². The van der Waals surface area contributed by atoms with E-state index in [1.54, 1.807) is 0 Å². The third kappa shape index (κ3) is 18.3. The maximum atomic E-state index is 9.56. The van der Waals surface area contributed by atoms with Crippen molar-refractivity contribution in [3.63, 3.8) is 0 Å². The maximum absolute atomic E-state index is 9.56. The predicted molar refractivity (Wildman–Crippen MR) is 63.5 cm³/mol. The molecule has 0 saturated carbocycles. The molecule has 0 radical (unpaired) electrons. The monoisotopic (exact) mass is 274 g/mol. The Kier molecular flexibility index (Phi) is 13.7. The van der Waals surface area contributed by atoms with Gasteiger partial charge < -0.3 is 20.2 Å². The lowest BCUT2D eigenvalue weighted by Gasteiger charge is -2.16. The van der Waals surface area contributed by atoms with Gasteiger partial charge in [-0.05, 0) is 6.92 Å². The second kappa shape index (κ2) is 12.2. The van der Waals surface area contributed by atoms with Gasteiger partial charge in [-0.15, -0.1) is 0 Å². The summed E-state index contributed by atoms with van der Waals surface area (Å²) in [5.74, 6) is -0.201. The molecular formula is C9H24NO6S+. The summed E-state index contributed by atoms with van der Waals surface area (Å²) in [7, 11) is -3.66. The molecule has 7 nitrogen and oxygen atoms in total. The number of aliphatic hydroxyl groups is 3. The van der Waals surface area contributed by atoms with Crippen LogP contribution in [0, 0.1) is 0 Å². The fraction of sp³-hybridized carbons (Fsp3) is 1.00. The molecule has 106 valence electrons. The molecule has 0 aliphatic carbocycles. The van der Waals surface area contributed by atoms with Crippen LogP contribution in [0.1, 0.15) is 13.3 Å². The SMILES string of the molecule is CCS(=O)(=O)O.OCCC[NH+](CCO)CCO. The van der Waals surface area contributed by atoms with E-state index in [4.69, 9.17) is 19.9 Å². The summed E-state index contributed by atoms with van der Waals surface area (Å²) >= 11 is 0. The number of rotatable bonds is 8. The highest BCUT2D eigenvalue weighted by Gasteiger charge is 2.04. The lowest BCUT2D eigenvalue weighted by atomic mass is 10.4. The van der Waals surface area contributed by atoms with Gasteiger partial charge in [-0.25, -0.2) is 0 Å². The number of quaternary nitrogens is 1. The molecule has 0 fully saturated rings. The van der Waals surface area contributed by atoms with Crippen molar-refractivity contribution in [1.29, 1.82) is 0 Å². The van der Waals surface area contributed by atoms with E-state index in [0.717, 1.165) is 17.9 Å². The standard InChI is InChI=1S/C7H17NO3.C2H6O3S/c9-5-1-2-8(3-6-10)4-7-11;1-2-6(3,4)5/h9-11H,1-7H2;2H2,1H3,(H,3,4,5)/p+1. The zero-order valence-electron chi connectivity index (χ0n) is 10.2. The first-order valence-electron chi connectivity index (χ1n) is 5.52. The zero-order valence-corrected chi connectivity index (χ0v) is 11.0. The molecule has 17 heavy (non-hydrogen) atoms. The van der Waals surface area contributed by atoms with Crippen molar-refractivity contribution in [3.8, 4) is 0 Å². The second-order valence-corrected chi connectivity index (χ2v) is 5.14. The summed E-state index contributed by atoms with van der Waals surface area (Å²) in [6, 6.07) is 0. The topological polar surface area (TPSA) is 120 Å². The molecule has 0 heterocycles. The maximum Gasteiger partial charge on any atom is 0.264 e. The van der Waals surface area contributed by atoms with Crippen LogP contribution in [0.2, 0.25) is 0 Å². The molecule has 0 unspecified atom stereocenters. The van der Waals surface area contributed by atoms with Gasteiger partial charge in [0.15, 0.2) is 0 Å². The molecule has 0 atom stereocenters. The number of aliphatic hydroxyl groups excluding tert-OH is 3. The number of hydrogen-bond acceptors (Lipinski definition) is 5. The van der Waals surface area contributed by atoms with Gasteiger partial charge in [0.1, 0.15) is 13.1 Å². The van der Waals surface area contributed by atoms with E-state index in [2.05, 4.69) is 0 Å². The molecule has 0 aromatic heterocycles. The Labute approximate surface area is 102 Å². The molecule has 8 heteroatoms. The van der Waals surface area contributed by atoms with Gasteiger partial charge in [-0.2, -0.15) is 8.42 Å². The average molecular weight is 274 g/mol. The van der Waals surface area contributed by atoms with Crippen LogP contribution >= 0.6 is 0 Å². The van der Waals surface area contributed by atoms with Crippen molar-refractivity contribution in [2.75, 3.05) is 45.2 Å². The molecule has 0 aromatic carbocycles. The Balaban J connectivity index is 0. The lowest BCUT2D eigenvalue weighted by molar-refractivity contribution is -0.901. The van der Waals surface area contributed by atoms with Crippen LogP contribution in [0.3, 0.4) is 0 Å². The lowest BCUT2D eigenvalue weighted by Crippen LogP contribution is -3.13. The van der Waals surface area contributed by atoms with Gasteiger partial charge in [0, 0.05) is 13.0 Å². The minimum absolute atomic E-state index is 0.140. The minimum Gasteiger partial charge on any atom is -0.396 e.